The van der Waals surface area contributed by atoms with Crippen molar-refractivity contribution in [2.75, 3.05) is 11.4 Å². The third-order valence-electron chi connectivity index (χ3n) is 5.93. The first kappa shape index (κ1) is 22.6. The number of halogens is 2. The molecule has 1 aromatic carbocycles. The van der Waals surface area contributed by atoms with Gasteiger partial charge in [0.05, 0.1) is 5.56 Å². The summed E-state index contributed by atoms with van der Waals surface area (Å²) in [5.41, 5.74) is 1.78. The van der Waals surface area contributed by atoms with Crippen molar-refractivity contribution in [3.8, 4) is 0 Å². The summed E-state index contributed by atoms with van der Waals surface area (Å²) in [4.78, 5) is 15.1. The number of alkyl halides is 2. The van der Waals surface area contributed by atoms with Crippen LogP contribution in [0.3, 0.4) is 0 Å². The predicted octanol–water partition coefficient (Wildman–Crippen LogP) is 4.06. The molecule has 2 aromatic rings. The van der Waals surface area contributed by atoms with Crippen molar-refractivity contribution in [3.63, 3.8) is 0 Å². The van der Waals surface area contributed by atoms with Gasteiger partial charge in [-0.2, -0.15) is 0 Å². The number of nitrogens with one attached hydrogen (secondary N) is 1. The number of hydrogen-bond donors (Lipinski definition) is 1. The van der Waals surface area contributed by atoms with Gasteiger partial charge in [-0.15, -0.1) is 11.3 Å². The summed E-state index contributed by atoms with van der Waals surface area (Å²) < 4.78 is 43.9. The first-order valence-electron chi connectivity index (χ1n) is 10.3. The van der Waals surface area contributed by atoms with Crippen LogP contribution in [0.1, 0.15) is 62.4 Å². The van der Waals surface area contributed by atoms with Gasteiger partial charge in [0.2, 0.25) is 5.92 Å². The van der Waals surface area contributed by atoms with Gasteiger partial charge < -0.3 is 4.90 Å². The van der Waals surface area contributed by atoms with E-state index in [1.54, 1.807) is 28.5 Å². The molecule has 4 nitrogen and oxygen atoms in total. The van der Waals surface area contributed by atoms with E-state index >= 15 is 0 Å². The van der Waals surface area contributed by atoms with Gasteiger partial charge in [-0.1, -0.05) is 17.6 Å². The summed E-state index contributed by atoms with van der Waals surface area (Å²) in [5.74, 6) is -2.87. The second-order valence-electron chi connectivity index (χ2n) is 9.58. The van der Waals surface area contributed by atoms with Crippen LogP contribution in [0.2, 0.25) is 0 Å². The highest BCUT2D eigenvalue weighted by Crippen LogP contribution is 2.52. The van der Waals surface area contributed by atoms with E-state index in [0.717, 1.165) is 11.3 Å². The van der Waals surface area contributed by atoms with E-state index in [1.807, 2.05) is 26.8 Å². The van der Waals surface area contributed by atoms with Crippen molar-refractivity contribution in [1.29, 1.82) is 0 Å². The molecule has 1 N–H and O–H groups in total. The van der Waals surface area contributed by atoms with E-state index in [4.69, 9.17) is 7.85 Å². The SMILES string of the molecule is [B]c1ccc2c(c1)C1(CCC(F)(F)CC1)CN2C(=O)c1csc(S(=O)NC(C)(C)C)c1. The van der Waals surface area contributed by atoms with Crippen LogP contribution < -0.4 is 15.1 Å². The molecule has 1 amide bonds. The largest absolute Gasteiger partial charge is 0.307 e. The standard InChI is InChI=1S/C22H25BF2N2O2S2/c1-20(2,3)26-31(29)18-10-14(12-30-18)19(28)27-13-21(6-8-22(24,25)9-7-21)16-11-15(23)4-5-17(16)27/h4-5,10-12,26H,6-9,13H2,1-3H3. The molecule has 1 unspecified atom stereocenters. The molecular weight excluding hydrogens is 437 g/mol. The molecule has 2 heterocycles. The summed E-state index contributed by atoms with van der Waals surface area (Å²) in [6.45, 7) is 6.12. The van der Waals surface area contributed by atoms with Crippen molar-refractivity contribution < 1.29 is 17.8 Å². The number of carbonyl (C=O) groups excluding carboxylic acids is 1. The maximum absolute atomic E-state index is 13.9. The van der Waals surface area contributed by atoms with Gasteiger partial charge in [0, 0.05) is 41.4 Å². The zero-order valence-electron chi connectivity index (χ0n) is 17.8. The van der Waals surface area contributed by atoms with Crippen LogP contribution in [-0.4, -0.2) is 36.0 Å². The van der Waals surface area contributed by atoms with Gasteiger partial charge in [0.1, 0.15) is 23.0 Å². The molecule has 31 heavy (non-hydrogen) atoms. The van der Waals surface area contributed by atoms with Crippen molar-refractivity contribution in [3.05, 3.63) is 40.8 Å². The van der Waals surface area contributed by atoms with Gasteiger partial charge in [-0.3, -0.25) is 4.79 Å². The van der Waals surface area contributed by atoms with Crippen molar-refractivity contribution >= 4 is 47.2 Å². The van der Waals surface area contributed by atoms with Gasteiger partial charge in [0.15, 0.2) is 0 Å². The molecule has 1 aliphatic heterocycles. The minimum Gasteiger partial charge on any atom is -0.307 e. The van der Waals surface area contributed by atoms with E-state index in [2.05, 4.69) is 4.72 Å². The topological polar surface area (TPSA) is 49.4 Å². The van der Waals surface area contributed by atoms with Gasteiger partial charge in [-0.25, -0.2) is 17.7 Å². The number of hydrogen-bond acceptors (Lipinski definition) is 3. The highest BCUT2D eigenvalue weighted by Gasteiger charge is 2.50. The van der Waals surface area contributed by atoms with E-state index in [1.165, 1.54) is 11.3 Å². The molecule has 164 valence electrons. The molecule has 9 heteroatoms. The average molecular weight is 462 g/mol. The summed E-state index contributed by atoms with van der Waals surface area (Å²) >= 11 is 1.27. The van der Waals surface area contributed by atoms with Crippen LogP contribution in [0, 0.1) is 0 Å². The minimum atomic E-state index is -2.66. The Bertz CT molecular complexity index is 1040. The van der Waals surface area contributed by atoms with Crippen molar-refractivity contribution in [2.24, 2.45) is 0 Å². The molecule has 0 bridgehead atoms. The lowest BCUT2D eigenvalue weighted by Gasteiger charge is -2.37. The fourth-order valence-corrected chi connectivity index (χ4v) is 6.52. The molecule has 1 saturated carbocycles. The third-order valence-corrected chi connectivity index (χ3v) is 8.68. The summed E-state index contributed by atoms with van der Waals surface area (Å²) in [7, 11) is 4.58. The number of anilines is 1. The van der Waals surface area contributed by atoms with Crippen LogP contribution in [0.15, 0.2) is 33.9 Å². The monoisotopic (exact) mass is 462 g/mol. The highest BCUT2D eigenvalue weighted by molar-refractivity contribution is 7.85. The van der Waals surface area contributed by atoms with Gasteiger partial charge >= 0.3 is 0 Å². The zero-order valence-corrected chi connectivity index (χ0v) is 19.5. The Morgan fingerprint density at radius 3 is 2.52 bits per heavy atom. The molecular formula is C22H25BF2N2O2S2. The lowest BCUT2D eigenvalue weighted by atomic mass is 9.69. The second-order valence-corrected chi connectivity index (χ2v) is 11.9. The van der Waals surface area contributed by atoms with E-state index < -0.39 is 22.3 Å². The van der Waals surface area contributed by atoms with E-state index in [9.17, 15) is 17.8 Å². The smallest absolute Gasteiger partial charge is 0.259 e. The zero-order chi connectivity index (χ0) is 22.6. The van der Waals surface area contributed by atoms with Crippen LogP contribution in [0.4, 0.5) is 14.5 Å². The van der Waals surface area contributed by atoms with E-state index in [0.29, 0.717) is 34.6 Å². The molecule has 2 radical (unpaired) electrons. The molecule has 1 aliphatic carbocycles. The average Bonchev–Trinajstić information content (AvgIpc) is 3.27. The van der Waals surface area contributed by atoms with Crippen molar-refractivity contribution in [1.82, 2.24) is 4.72 Å². The maximum atomic E-state index is 13.9. The molecule has 0 saturated heterocycles. The minimum absolute atomic E-state index is 0.191. The van der Waals surface area contributed by atoms with Crippen LogP contribution in [0.25, 0.3) is 0 Å². The second kappa shape index (κ2) is 7.78. The Kier molecular flexibility index (Phi) is 5.67. The molecule has 1 atom stereocenters. The van der Waals surface area contributed by atoms with Crippen LogP contribution in [-0.2, 0) is 16.4 Å². The highest BCUT2D eigenvalue weighted by atomic mass is 32.2. The number of nitrogens with zero attached hydrogens (tertiary/aromatic N) is 1. The lowest BCUT2D eigenvalue weighted by molar-refractivity contribution is -0.0499. The Labute approximate surface area is 189 Å². The van der Waals surface area contributed by atoms with Gasteiger partial charge in [0.25, 0.3) is 5.91 Å². The quantitative estimate of drug-likeness (QED) is 0.700. The van der Waals surface area contributed by atoms with Gasteiger partial charge in [-0.05, 0) is 51.3 Å². The first-order chi connectivity index (χ1) is 14.4. The number of carbonyl (C=O) groups is 1. The Hall–Kier alpha value is -1.58. The summed E-state index contributed by atoms with van der Waals surface area (Å²) in [6, 6.07) is 7.01. The normalized spacial score (nSPS) is 20.6. The molecule has 1 fully saturated rings. The predicted molar refractivity (Wildman–Crippen MR) is 122 cm³/mol. The lowest BCUT2D eigenvalue weighted by Crippen LogP contribution is -2.42. The summed E-state index contributed by atoms with van der Waals surface area (Å²) in [5, 5.41) is 1.71. The summed E-state index contributed by atoms with van der Waals surface area (Å²) in [6.07, 6.45) is 0.246. The van der Waals surface area contributed by atoms with Crippen LogP contribution >= 0.6 is 11.3 Å². The number of fused-ring (bicyclic) bond motifs is 2. The number of rotatable bonds is 3. The Morgan fingerprint density at radius 1 is 1.19 bits per heavy atom. The molecule has 4 rings (SSSR count). The number of benzene rings is 1. The molecule has 1 spiro atoms. The first-order valence-corrected chi connectivity index (χ1v) is 12.3. The number of thiophene rings is 1. The van der Waals surface area contributed by atoms with Crippen LogP contribution in [0.5, 0.6) is 0 Å². The molecule has 1 aromatic heterocycles. The Balaban J connectivity index is 1.62. The fourth-order valence-electron chi connectivity index (χ4n) is 4.40. The van der Waals surface area contributed by atoms with Crippen molar-refractivity contribution in [2.45, 2.75) is 67.5 Å². The fraction of sp³-hybridized carbons (Fsp3) is 0.500. The van der Waals surface area contributed by atoms with E-state index in [-0.39, 0.29) is 24.3 Å². The molecule has 2 aliphatic rings. The number of amides is 1. The third kappa shape index (κ3) is 4.50. The maximum Gasteiger partial charge on any atom is 0.259 e. The Morgan fingerprint density at radius 2 is 1.87 bits per heavy atom.